The third-order valence-electron chi connectivity index (χ3n) is 4.81. The van der Waals surface area contributed by atoms with Gasteiger partial charge in [-0.05, 0) is 12.8 Å². The van der Waals surface area contributed by atoms with Gasteiger partial charge in [-0.3, -0.25) is 15.0 Å². The molecule has 1 saturated heterocycles. The molecule has 2 aromatic heterocycles. The Hall–Kier alpha value is -2.51. The van der Waals surface area contributed by atoms with Gasteiger partial charge in [-0.1, -0.05) is 11.3 Å². The van der Waals surface area contributed by atoms with Gasteiger partial charge in [0.25, 0.3) is 5.91 Å². The van der Waals surface area contributed by atoms with E-state index in [1.54, 1.807) is 7.11 Å². The standard InChI is InChI=1S/C18H22F3N5O4S/c1-28-10-4-6-26(7-5-10)8-11-13(18(19,20)21)24-17(31-11)25-14(27)12-15(29-2)22-9-23-16(12)30-3/h9-10H,4-8H2,1-3H3,(H,24,25,27). The van der Waals surface area contributed by atoms with E-state index in [1.165, 1.54) is 14.2 Å². The Morgan fingerprint density at radius 2 is 1.81 bits per heavy atom. The monoisotopic (exact) mass is 461 g/mol. The minimum Gasteiger partial charge on any atom is -0.480 e. The van der Waals surface area contributed by atoms with Crippen LogP contribution in [0.25, 0.3) is 0 Å². The third kappa shape index (κ3) is 5.40. The van der Waals surface area contributed by atoms with E-state index >= 15 is 0 Å². The number of thiazole rings is 1. The van der Waals surface area contributed by atoms with E-state index in [0.717, 1.165) is 30.5 Å². The molecule has 1 aliphatic heterocycles. The van der Waals surface area contributed by atoms with E-state index in [1.807, 2.05) is 4.90 Å². The predicted octanol–water partition coefficient (Wildman–Crippen LogP) is 2.83. The fourth-order valence-corrected chi connectivity index (χ4v) is 4.28. The molecule has 0 unspecified atom stereocenters. The molecule has 0 aliphatic carbocycles. The minimum absolute atomic E-state index is 0.0295. The zero-order chi connectivity index (χ0) is 22.6. The first-order chi connectivity index (χ1) is 14.8. The van der Waals surface area contributed by atoms with Crippen LogP contribution < -0.4 is 14.8 Å². The first kappa shape index (κ1) is 23.2. The number of alkyl halides is 3. The second-order valence-corrected chi connectivity index (χ2v) is 7.80. The van der Waals surface area contributed by atoms with E-state index in [9.17, 15) is 18.0 Å². The number of hydrogen-bond donors (Lipinski definition) is 1. The number of methoxy groups -OCH3 is 3. The molecule has 0 saturated carbocycles. The summed E-state index contributed by atoms with van der Waals surface area (Å²) in [5.74, 6) is -0.930. The summed E-state index contributed by atoms with van der Waals surface area (Å²) in [5.41, 5.74) is -1.15. The van der Waals surface area contributed by atoms with Crippen molar-refractivity contribution in [3.05, 3.63) is 22.5 Å². The number of ether oxygens (including phenoxy) is 3. The van der Waals surface area contributed by atoms with Crippen molar-refractivity contribution in [2.24, 2.45) is 0 Å². The summed E-state index contributed by atoms with van der Waals surface area (Å²) in [5, 5.41) is 2.20. The second kappa shape index (κ2) is 9.75. The minimum atomic E-state index is -4.65. The van der Waals surface area contributed by atoms with Crippen molar-refractivity contribution in [1.29, 1.82) is 0 Å². The van der Waals surface area contributed by atoms with Gasteiger partial charge >= 0.3 is 6.18 Å². The maximum Gasteiger partial charge on any atom is 0.434 e. The number of hydrogen-bond acceptors (Lipinski definition) is 9. The SMILES string of the molecule is COc1ncnc(OC)c1C(=O)Nc1nc(C(F)(F)F)c(CN2CCC(OC)CC2)s1. The van der Waals surface area contributed by atoms with Crippen LogP contribution in [0, 0.1) is 0 Å². The number of halogens is 3. The zero-order valence-corrected chi connectivity index (χ0v) is 18.0. The van der Waals surface area contributed by atoms with Crippen LogP contribution in [0.15, 0.2) is 6.33 Å². The van der Waals surface area contributed by atoms with Crippen molar-refractivity contribution in [3.63, 3.8) is 0 Å². The zero-order valence-electron chi connectivity index (χ0n) is 17.2. The molecule has 1 fully saturated rings. The van der Waals surface area contributed by atoms with Gasteiger partial charge in [0.1, 0.15) is 6.33 Å². The van der Waals surface area contributed by atoms with E-state index in [0.29, 0.717) is 13.1 Å². The first-order valence-electron chi connectivity index (χ1n) is 9.33. The average Bonchev–Trinajstić information content (AvgIpc) is 3.16. The lowest BCUT2D eigenvalue weighted by atomic mass is 10.1. The Labute approximate surface area is 180 Å². The normalized spacial score (nSPS) is 15.7. The number of carbonyl (C=O) groups is 1. The Balaban J connectivity index is 1.82. The molecule has 9 nitrogen and oxygen atoms in total. The maximum atomic E-state index is 13.6. The van der Waals surface area contributed by atoms with Crippen LogP contribution in [0.2, 0.25) is 0 Å². The lowest BCUT2D eigenvalue weighted by Gasteiger charge is -2.30. The average molecular weight is 461 g/mol. The van der Waals surface area contributed by atoms with Crippen molar-refractivity contribution in [2.45, 2.75) is 31.7 Å². The van der Waals surface area contributed by atoms with Gasteiger partial charge < -0.3 is 14.2 Å². The molecular weight excluding hydrogens is 439 g/mol. The molecular formula is C18H22F3N5O4S. The van der Waals surface area contributed by atoms with Crippen LogP contribution in [0.1, 0.15) is 33.8 Å². The number of nitrogens with zero attached hydrogens (tertiary/aromatic N) is 4. The van der Waals surface area contributed by atoms with Crippen molar-refractivity contribution in [1.82, 2.24) is 19.9 Å². The molecule has 0 spiro atoms. The third-order valence-corrected chi connectivity index (χ3v) is 5.77. The molecule has 31 heavy (non-hydrogen) atoms. The Kier molecular flexibility index (Phi) is 7.28. The Morgan fingerprint density at radius 3 is 2.32 bits per heavy atom. The Bertz CT molecular complexity index is 894. The van der Waals surface area contributed by atoms with Crippen LogP contribution in [-0.2, 0) is 17.5 Å². The van der Waals surface area contributed by atoms with E-state index in [2.05, 4.69) is 20.3 Å². The number of rotatable bonds is 7. The summed E-state index contributed by atoms with van der Waals surface area (Å²) in [4.78, 5) is 26.0. The highest BCUT2D eigenvalue weighted by molar-refractivity contribution is 7.15. The van der Waals surface area contributed by atoms with Gasteiger partial charge in [-0.15, -0.1) is 0 Å². The van der Waals surface area contributed by atoms with Crippen molar-refractivity contribution >= 4 is 22.4 Å². The predicted molar refractivity (Wildman–Crippen MR) is 106 cm³/mol. The van der Waals surface area contributed by atoms with Gasteiger partial charge in [0.2, 0.25) is 11.8 Å². The number of carbonyl (C=O) groups excluding carboxylic acids is 1. The number of likely N-dealkylation sites (tertiary alicyclic amines) is 1. The topological polar surface area (TPSA) is 98.7 Å². The fourth-order valence-electron chi connectivity index (χ4n) is 3.26. The molecule has 0 aromatic carbocycles. The molecule has 0 atom stereocenters. The molecule has 3 rings (SSSR count). The van der Waals surface area contributed by atoms with Crippen LogP contribution in [0.5, 0.6) is 11.8 Å². The molecule has 1 aliphatic rings. The summed E-state index contributed by atoms with van der Waals surface area (Å²) in [6, 6.07) is 0. The second-order valence-electron chi connectivity index (χ2n) is 6.72. The highest BCUT2D eigenvalue weighted by Gasteiger charge is 2.38. The van der Waals surface area contributed by atoms with Crippen LogP contribution in [-0.4, -0.2) is 66.3 Å². The molecule has 0 bridgehead atoms. The number of nitrogens with one attached hydrogen (secondary N) is 1. The Morgan fingerprint density at radius 1 is 1.19 bits per heavy atom. The smallest absolute Gasteiger partial charge is 0.434 e. The van der Waals surface area contributed by atoms with E-state index < -0.39 is 17.8 Å². The number of aromatic nitrogens is 3. The van der Waals surface area contributed by atoms with Crippen molar-refractivity contribution in [3.8, 4) is 11.8 Å². The molecule has 1 N–H and O–H groups in total. The van der Waals surface area contributed by atoms with Gasteiger partial charge in [-0.25, -0.2) is 15.0 Å². The summed E-state index contributed by atoms with van der Waals surface area (Å²) >= 11 is 0.778. The summed E-state index contributed by atoms with van der Waals surface area (Å²) < 4.78 is 56.1. The number of anilines is 1. The van der Waals surface area contributed by atoms with E-state index in [-0.39, 0.29) is 40.0 Å². The molecule has 0 radical (unpaired) electrons. The lowest BCUT2D eigenvalue weighted by molar-refractivity contribution is -0.141. The van der Waals surface area contributed by atoms with Crippen LogP contribution >= 0.6 is 11.3 Å². The largest absolute Gasteiger partial charge is 0.480 e. The van der Waals surface area contributed by atoms with Crippen molar-refractivity contribution in [2.75, 3.05) is 39.7 Å². The fraction of sp³-hybridized carbons (Fsp3) is 0.556. The van der Waals surface area contributed by atoms with Gasteiger partial charge in [0.15, 0.2) is 16.4 Å². The molecule has 170 valence electrons. The molecule has 2 aromatic rings. The van der Waals surface area contributed by atoms with Crippen LogP contribution in [0.3, 0.4) is 0 Å². The highest BCUT2D eigenvalue weighted by atomic mass is 32.1. The van der Waals surface area contributed by atoms with E-state index in [4.69, 9.17) is 14.2 Å². The summed E-state index contributed by atoms with van der Waals surface area (Å²) in [6.07, 6.45) is -1.90. The molecule has 3 heterocycles. The summed E-state index contributed by atoms with van der Waals surface area (Å²) in [7, 11) is 4.23. The first-order valence-corrected chi connectivity index (χ1v) is 10.1. The van der Waals surface area contributed by atoms with Gasteiger partial charge in [0.05, 0.1) is 25.2 Å². The highest BCUT2D eigenvalue weighted by Crippen LogP contribution is 2.37. The maximum absolute atomic E-state index is 13.6. The number of amides is 1. The number of piperidine rings is 1. The van der Waals surface area contributed by atoms with Gasteiger partial charge in [-0.2, -0.15) is 13.2 Å². The van der Waals surface area contributed by atoms with Crippen molar-refractivity contribution < 1.29 is 32.2 Å². The summed E-state index contributed by atoms with van der Waals surface area (Å²) in [6.45, 7) is 1.32. The molecule has 1 amide bonds. The van der Waals surface area contributed by atoms with Gasteiger partial charge in [0, 0.05) is 26.7 Å². The molecule has 13 heteroatoms. The quantitative estimate of drug-likeness (QED) is 0.672. The lowest BCUT2D eigenvalue weighted by Crippen LogP contribution is -2.36. The van der Waals surface area contributed by atoms with Crippen LogP contribution in [0.4, 0.5) is 18.3 Å².